The minimum Gasteiger partial charge on any atom is -0.507 e. The van der Waals surface area contributed by atoms with E-state index in [4.69, 9.17) is 4.74 Å². The Morgan fingerprint density at radius 2 is 2.00 bits per heavy atom. The van der Waals surface area contributed by atoms with Crippen molar-refractivity contribution < 1.29 is 14.6 Å². The molecular weight excluding hydrogens is 230 g/mol. The molecule has 0 unspecified atom stereocenters. The average molecular weight is 247 g/mol. The highest BCUT2D eigenvalue weighted by atomic mass is 16.5. The van der Waals surface area contributed by atoms with Gasteiger partial charge in [-0.25, -0.2) is 0 Å². The number of aromatic hydroxyl groups is 1. The van der Waals surface area contributed by atoms with E-state index in [1.54, 1.807) is 12.1 Å². The van der Waals surface area contributed by atoms with Gasteiger partial charge >= 0.3 is 0 Å². The first-order valence-electron chi connectivity index (χ1n) is 5.81. The molecule has 1 N–H and O–H groups in total. The second-order valence-electron chi connectivity index (χ2n) is 4.94. The summed E-state index contributed by atoms with van der Waals surface area (Å²) in [5, 5.41) is 9.90. The lowest BCUT2D eigenvalue weighted by molar-refractivity contribution is 0.101. The Morgan fingerprint density at radius 1 is 1.33 bits per heavy atom. The number of rotatable bonds is 2. The Kier molecular flexibility index (Phi) is 3.13. The highest BCUT2D eigenvalue weighted by Gasteiger charge is 2.31. The quantitative estimate of drug-likeness (QED) is 0.815. The van der Waals surface area contributed by atoms with Gasteiger partial charge in [-0.2, -0.15) is 0 Å². The minimum atomic E-state index is -0.106. The second kappa shape index (κ2) is 4.46. The maximum absolute atomic E-state index is 12.1. The van der Waals surface area contributed by atoms with Crippen LogP contribution in [0.1, 0.15) is 29.8 Å². The second-order valence-corrected chi connectivity index (χ2v) is 4.94. The van der Waals surface area contributed by atoms with Crippen LogP contribution in [0.15, 0.2) is 23.5 Å². The molecule has 1 heterocycles. The number of hydrogen-bond donors (Lipinski definition) is 1. The monoisotopic (exact) mass is 247 g/mol. The van der Waals surface area contributed by atoms with Crippen molar-refractivity contribution in [3.63, 3.8) is 0 Å². The first kappa shape index (κ1) is 12.6. The van der Waals surface area contributed by atoms with Gasteiger partial charge in [0.2, 0.25) is 5.78 Å². The fourth-order valence-electron chi connectivity index (χ4n) is 1.98. The molecule has 0 fully saturated rings. The highest BCUT2D eigenvalue weighted by molar-refractivity contribution is 6.13. The number of carbonyl (C=O) groups is 1. The summed E-state index contributed by atoms with van der Waals surface area (Å²) in [6, 6.07) is 3.16. The molecule has 4 nitrogen and oxygen atoms in total. The van der Waals surface area contributed by atoms with Crippen LogP contribution in [0.2, 0.25) is 0 Å². The smallest absolute Gasteiger partial charge is 0.231 e. The van der Waals surface area contributed by atoms with Crippen LogP contribution in [0.25, 0.3) is 0 Å². The number of benzene rings is 1. The van der Waals surface area contributed by atoms with Crippen molar-refractivity contribution in [1.29, 1.82) is 0 Å². The first-order chi connectivity index (χ1) is 8.41. The number of allylic oxidation sites excluding steroid dienone is 2. The topological polar surface area (TPSA) is 49.8 Å². The third kappa shape index (κ3) is 1.99. The zero-order valence-corrected chi connectivity index (χ0v) is 11.1. The van der Waals surface area contributed by atoms with Gasteiger partial charge in [-0.3, -0.25) is 4.79 Å². The van der Waals surface area contributed by atoms with Gasteiger partial charge in [-0.1, -0.05) is 0 Å². The lowest BCUT2D eigenvalue weighted by Gasteiger charge is -2.14. The number of phenols is 1. The van der Waals surface area contributed by atoms with Crippen LogP contribution in [0.5, 0.6) is 11.5 Å². The summed E-state index contributed by atoms with van der Waals surface area (Å²) < 4.78 is 5.64. The maximum atomic E-state index is 12.1. The van der Waals surface area contributed by atoms with Crippen molar-refractivity contribution in [1.82, 2.24) is 4.90 Å². The molecule has 0 bridgehead atoms. The number of Topliss-reactive ketones (excluding diaryl/α,β-unsaturated/α-hetero) is 1. The number of ketones is 1. The molecule has 0 saturated carbocycles. The number of ether oxygens (including phenoxy) is 1. The minimum absolute atomic E-state index is 0.106. The van der Waals surface area contributed by atoms with Gasteiger partial charge in [0.15, 0.2) is 5.76 Å². The lowest BCUT2D eigenvalue weighted by atomic mass is 10.0. The fourth-order valence-corrected chi connectivity index (χ4v) is 1.98. The van der Waals surface area contributed by atoms with Gasteiger partial charge in [-0.05, 0) is 45.6 Å². The predicted molar refractivity (Wildman–Crippen MR) is 68.8 cm³/mol. The van der Waals surface area contributed by atoms with E-state index in [2.05, 4.69) is 0 Å². The molecule has 0 aromatic heterocycles. The first-order valence-corrected chi connectivity index (χ1v) is 5.81. The molecule has 1 aliphatic heterocycles. The molecule has 0 spiro atoms. The van der Waals surface area contributed by atoms with Crippen LogP contribution in [-0.4, -0.2) is 29.9 Å². The number of fused-ring (bicyclic) bond motifs is 1. The van der Waals surface area contributed by atoms with Gasteiger partial charge in [0, 0.05) is 6.54 Å². The molecule has 0 radical (unpaired) electrons. The van der Waals surface area contributed by atoms with Crippen molar-refractivity contribution in [3.05, 3.63) is 34.6 Å². The van der Waals surface area contributed by atoms with Crippen molar-refractivity contribution in [2.24, 2.45) is 0 Å². The molecule has 0 aliphatic carbocycles. The third-order valence-corrected chi connectivity index (χ3v) is 2.82. The van der Waals surface area contributed by atoms with Crippen molar-refractivity contribution in [2.45, 2.75) is 20.4 Å². The fraction of sp³-hybridized carbons (Fsp3) is 0.357. The summed E-state index contributed by atoms with van der Waals surface area (Å²) in [5.41, 5.74) is 2.02. The zero-order chi connectivity index (χ0) is 13.4. The van der Waals surface area contributed by atoms with E-state index in [1.807, 2.05) is 32.8 Å². The normalized spacial score (nSPS) is 13.8. The SMILES string of the molecule is CC(C)=C1Oc2c(ccc(O)c2CN(C)C)C1=O. The molecule has 1 aliphatic rings. The predicted octanol–water partition coefficient (Wildman–Crippen LogP) is 2.32. The molecule has 2 rings (SSSR count). The van der Waals surface area contributed by atoms with Crippen molar-refractivity contribution in [3.8, 4) is 11.5 Å². The van der Waals surface area contributed by atoms with E-state index in [1.165, 1.54) is 0 Å². The summed E-state index contributed by atoms with van der Waals surface area (Å²) in [5.74, 6) is 0.913. The number of nitrogens with zero attached hydrogens (tertiary/aromatic N) is 1. The van der Waals surface area contributed by atoms with Gasteiger partial charge in [0.1, 0.15) is 11.5 Å². The number of carbonyl (C=O) groups excluding carboxylic acids is 1. The van der Waals surface area contributed by atoms with Crippen LogP contribution in [0.3, 0.4) is 0 Å². The zero-order valence-electron chi connectivity index (χ0n) is 11.1. The van der Waals surface area contributed by atoms with Gasteiger partial charge < -0.3 is 14.7 Å². The molecule has 96 valence electrons. The Balaban J connectivity index is 2.56. The lowest BCUT2D eigenvalue weighted by Crippen LogP contribution is -2.11. The van der Waals surface area contributed by atoms with E-state index in [9.17, 15) is 9.90 Å². The van der Waals surface area contributed by atoms with Gasteiger partial charge in [0.05, 0.1) is 11.1 Å². The Hall–Kier alpha value is -1.81. The van der Waals surface area contributed by atoms with E-state index in [0.29, 0.717) is 29.2 Å². The number of phenolic OH excluding ortho intramolecular Hbond substituents is 1. The molecule has 0 saturated heterocycles. The molecule has 1 aromatic rings. The van der Waals surface area contributed by atoms with Gasteiger partial charge in [0.25, 0.3) is 0 Å². The van der Waals surface area contributed by atoms with Crippen LogP contribution in [-0.2, 0) is 6.54 Å². The highest BCUT2D eigenvalue weighted by Crippen LogP contribution is 2.40. The van der Waals surface area contributed by atoms with Gasteiger partial charge in [-0.15, -0.1) is 0 Å². The van der Waals surface area contributed by atoms with E-state index < -0.39 is 0 Å². The van der Waals surface area contributed by atoms with Crippen LogP contribution in [0, 0.1) is 0 Å². The molecule has 4 heteroatoms. The van der Waals surface area contributed by atoms with Crippen LogP contribution < -0.4 is 4.74 Å². The summed E-state index contributed by atoms with van der Waals surface area (Å²) in [6.45, 7) is 4.20. The van der Waals surface area contributed by atoms with Crippen molar-refractivity contribution in [2.75, 3.05) is 14.1 Å². The Morgan fingerprint density at radius 3 is 2.56 bits per heavy atom. The van der Waals surface area contributed by atoms with E-state index >= 15 is 0 Å². The molecule has 0 atom stereocenters. The molecule has 0 amide bonds. The molecule has 18 heavy (non-hydrogen) atoms. The third-order valence-electron chi connectivity index (χ3n) is 2.82. The number of hydrogen-bond acceptors (Lipinski definition) is 4. The standard InChI is InChI=1S/C14H17NO3/c1-8(2)13-12(17)9-5-6-11(16)10(7-15(3)4)14(9)18-13/h5-6,16H,7H2,1-4H3. The summed E-state index contributed by atoms with van der Waals surface area (Å²) in [6.07, 6.45) is 0. The Bertz CT molecular complexity index is 540. The van der Waals surface area contributed by atoms with E-state index in [0.717, 1.165) is 5.57 Å². The van der Waals surface area contributed by atoms with Crippen molar-refractivity contribution >= 4 is 5.78 Å². The van der Waals surface area contributed by atoms with E-state index in [-0.39, 0.29) is 11.5 Å². The van der Waals surface area contributed by atoms with Crippen LogP contribution in [0.4, 0.5) is 0 Å². The molecular formula is C14H17NO3. The molecule has 1 aromatic carbocycles. The average Bonchev–Trinajstić information content (AvgIpc) is 2.60. The summed E-state index contributed by atoms with van der Waals surface area (Å²) >= 11 is 0. The van der Waals surface area contributed by atoms with Crippen LogP contribution >= 0.6 is 0 Å². The summed E-state index contributed by atoms with van der Waals surface area (Å²) in [7, 11) is 3.80. The largest absolute Gasteiger partial charge is 0.507 e. The maximum Gasteiger partial charge on any atom is 0.231 e. The summed E-state index contributed by atoms with van der Waals surface area (Å²) in [4.78, 5) is 14.0. The Labute approximate surface area is 106 Å².